The topological polar surface area (TPSA) is 48.5 Å². The number of anilines is 1. The molecule has 1 fully saturated rings. The highest BCUT2D eigenvalue weighted by Crippen LogP contribution is 2.23. The lowest BCUT2D eigenvalue weighted by Gasteiger charge is -2.34. The summed E-state index contributed by atoms with van der Waals surface area (Å²) in [4.78, 5) is 21.3. The standard InChI is InChI=1S/C19H23BrN4O/c1-15-5-6-18(17(20)12-15)22-19(25)14-24-10-8-23(9-11-24)13-16-4-2-3-7-21-16/h2-7,12H,8-11,13-14H2,1H3,(H,22,25). The fourth-order valence-electron chi connectivity index (χ4n) is 2.94. The Hall–Kier alpha value is -1.76. The number of nitrogens with zero attached hydrogens (tertiary/aromatic N) is 3. The van der Waals surface area contributed by atoms with Crippen LogP contribution >= 0.6 is 15.9 Å². The van der Waals surface area contributed by atoms with Gasteiger partial charge in [0.2, 0.25) is 5.91 Å². The van der Waals surface area contributed by atoms with E-state index in [9.17, 15) is 4.79 Å². The molecule has 25 heavy (non-hydrogen) atoms. The summed E-state index contributed by atoms with van der Waals surface area (Å²) in [7, 11) is 0. The highest BCUT2D eigenvalue weighted by molar-refractivity contribution is 9.10. The number of aromatic nitrogens is 1. The number of rotatable bonds is 5. The van der Waals surface area contributed by atoms with Gasteiger partial charge in [-0.05, 0) is 52.7 Å². The van der Waals surface area contributed by atoms with Crippen LogP contribution in [0, 0.1) is 6.92 Å². The Kier molecular flexibility index (Phi) is 6.18. The van der Waals surface area contributed by atoms with Crippen molar-refractivity contribution in [3.63, 3.8) is 0 Å². The van der Waals surface area contributed by atoms with Crippen molar-refractivity contribution in [1.29, 1.82) is 0 Å². The predicted octanol–water partition coefficient (Wildman–Crippen LogP) is 2.91. The van der Waals surface area contributed by atoms with Crippen molar-refractivity contribution in [2.24, 2.45) is 0 Å². The maximum Gasteiger partial charge on any atom is 0.238 e. The van der Waals surface area contributed by atoms with Crippen LogP contribution in [0.25, 0.3) is 0 Å². The Morgan fingerprint density at radius 2 is 1.92 bits per heavy atom. The Balaban J connectivity index is 1.44. The van der Waals surface area contributed by atoms with Crippen LogP contribution in [0.4, 0.5) is 5.69 Å². The lowest BCUT2D eigenvalue weighted by Crippen LogP contribution is -2.48. The van der Waals surface area contributed by atoms with Crippen molar-refractivity contribution < 1.29 is 4.79 Å². The summed E-state index contributed by atoms with van der Waals surface area (Å²) in [5.74, 6) is 0.0303. The number of carbonyl (C=O) groups is 1. The number of benzene rings is 1. The minimum Gasteiger partial charge on any atom is -0.324 e. The number of hydrogen-bond acceptors (Lipinski definition) is 4. The summed E-state index contributed by atoms with van der Waals surface area (Å²) >= 11 is 3.50. The summed E-state index contributed by atoms with van der Waals surface area (Å²) in [5, 5.41) is 2.98. The van der Waals surface area contributed by atoms with Crippen molar-refractivity contribution in [1.82, 2.24) is 14.8 Å². The Bertz CT molecular complexity index is 715. The maximum absolute atomic E-state index is 12.3. The molecule has 0 bridgehead atoms. The molecule has 3 rings (SSSR count). The number of aryl methyl sites for hydroxylation is 1. The summed E-state index contributed by atoms with van der Waals surface area (Å²) in [6.45, 7) is 7.04. The largest absolute Gasteiger partial charge is 0.324 e. The molecular formula is C19H23BrN4O. The maximum atomic E-state index is 12.3. The molecule has 1 amide bonds. The van der Waals surface area contributed by atoms with Gasteiger partial charge in [0.15, 0.2) is 0 Å². The third-order valence-electron chi connectivity index (χ3n) is 4.34. The highest BCUT2D eigenvalue weighted by Gasteiger charge is 2.19. The van der Waals surface area contributed by atoms with Crippen molar-refractivity contribution in [3.8, 4) is 0 Å². The fourth-order valence-corrected chi connectivity index (χ4v) is 3.53. The molecule has 0 spiro atoms. The van der Waals surface area contributed by atoms with Gasteiger partial charge in [0, 0.05) is 43.4 Å². The van der Waals surface area contributed by atoms with Gasteiger partial charge < -0.3 is 5.32 Å². The van der Waals surface area contributed by atoms with E-state index in [1.807, 2.05) is 43.5 Å². The van der Waals surface area contributed by atoms with Gasteiger partial charge in [-0.3, -0.25) is 19.6 Å². The van der Waals surface area contributed by atoms with Crippen LogP contribution in [-0.2, 0) is 11.3 Å². The van der Waals surface area contributed by atoms with Crippen LogP contribution in [0.1, 0.15) is 11.3 Å². The van der Waals surface area contributed by atoms with Crippen LogP contribution in [-0.4, -0.2) is 53.4 Å². The van der Waals surface area contributed by atoms with Crippen LogP contribution in [0.5, 0.6) is 0 Å². The molecule has 6 heteroatoms. The van der Waals surface area contributed by atoms with Gasteiger partial charge >= 0.3 is 0 Å². The summed E-state index contributed by atoms with van der Waals surface area (Å²) < 4.78 is 0.918. The molecule has 2 heterocycles. The summed E-state index contributed by atoms with van der Waals surface area (Å²) in [6.07, 6.45) is 1.83. The van der Waals surface area contributed by atoms with Gasteiger partial charge in [-0.1, -0.05) is 12.1 Å². The first-order valence-corrected chi connectivity index (χ1v) is 9.30. The first kappa shape index (κ1) is 18.0. The molecule has 0 atom stereocenters. The predicted molar refractivity (Wildman–Crippen MR) is 103 cm³/mol. The molecule has 1 aromatic carbocycles. The number of halogens is 1. The Labute approximate surface area is 157 Å². The first-order valence-electron chi connectivity index (χ1n) is 8.51. The van der Waals surface area contributed by atoms with E-state index in [1.54, 1.807) is 0 Å². The third-order valence-corrected chi connectivity index (χ3v) is 5.00. The average molecular weight is 403 g/mol. The van der Waals surface area contributed by atoms with Crippen LogP contribution in [0.3, 0.4) is 0 Å². The number of carbonyl (C=O) groups excluding carboxylic acids is 1. The minimum absolute atomic E-state index is 0.0303. The second kappa shape index (κ2) is 8.56. The fraction of sp³-hybridized carbons (Fsp3) is 0.368. The third kappa shape index (κ3) is 5.36. The number of amides is 1. The number of hydrogen-bond donors (Lipinski definition) is 1. The summed E-state index contributed by atoms with van der Waals surface area (Å²) in [5.41, 5.74) is 3.08. The van der Waals surface area contributed by atoms with Gasteiger partial charge in [-0.15, -0.1) is 0 Å². The van der Waals surface area contributed by atoms with Gasteiger partial charge in [0.1, 0.15) is 0 Å². The number of nitrogens with one attached hydrogen (secondary N) is 1. The Morgan fingerprint density at radius 1 is 1.16 bits per heavy atom. The van der Waals surface area contributed by atoms with Crippen LogP contribution in [0.2, 0.25) is 0 Å². The van der Waals surface area contributed by atoms with Gasteiger partial charge in [-0.25, -0.2) is 0 Å². The van der Waals surface area contributed by atoms with Crippen molar-refractivity contribution >= 4 is 27.5 Å². The zero-order chi connectivity index (χ0) is 17.6. The van der Waals surface area contributed by atoms with E-state index < -0.39 is 0 Å². The molecule has 1 aromatic heterocycles. The SMILES string of the molecule is Cc1ccc(NC(=O)CN2CCN(Cc3ccccn3)CC2)c(Br)c1. The molecule has 0 aliphatic carbocycles. The van der Waals surface area contributed by atoms with Crippen LogP contribution < -0.4 is 5.32 Å². The molecule has 0 radical (unpaired) electrons. The first-order chi connectivity index (χ1) is 12.1. The van der Waals surface area contributed by atoms with Gasteiger partial charge in [0.05, 0.1) is 17.9 Å². The number of piperazine rings is 1. The molecule has 1 aliphatic rings. The van der Waals surface area contributed by atoms with E-state index >= 15 is 0 Å². The highest BCUT2D eigenvalue weighted by atomic mass is 79.9. The molecule has 2 aromatic rings. The smallest absolute Gasteiger partial charge is 0.238 e. The summed E-state index contributed by atoms with van der Waals surface area (Å²) in [6, 6.07) is 11.9. The van der Waals surface area contributed by atoms with Crippen molar-refractivity contribution in [2.45, 2.75) is 13.5 Å². The Morgan fingerprint density at radius 3 is 2.60 bits per heavy atom. The molecule has 0 unspecified atom stereocenters. The van der Waals surface area contributed by atoms with E-state index in [0.29, 0.717) is 6.54 Å². The molecule has 132 valence electrons. The van der Waals surface area contributed by atoms with Crippen molar-refractivity contribution in [2.75, 3.05) is 38.0 Å². The van der Waals surface area contributed by atoms with E-state index in [4.69, 9.17) is 0 Å². The monoisotopic (exact) mass is 402 g/mol. The van der Waals surface area contributed by atoms with Gasteiger partial charge in [-0.2, -0.15) is 0 Å². The molecule has 5 nitrogen and oxygen atoms in total. The van der Waals surface area contributed by atoms with E-state index in [1.165, 1.54) is 0 Å². The zero-order valence-electron chi connectivity index (χ0n) is 14.4. The second-order valence-corrected chi connectivity index (χ2v) is 7.26. The molecular weight excluding hydrogens is 380 g/mol. The van der Waals surface area contributed by atoms with Crippen LogP contribution in [0.15, 0.2) is 47.1 Å². The second-order valence-electron chi connectivity index (χ2n) is 6.40. The normalized spacial score (nSPS) is 15.9. The minimum atomic E-state index is 0.0303. The van der Waals surface area contributed by atoms with E-state index in [-0.39, 0.29) is 5.91 Å². The molecule has 1 saturated heterocycles. The van der Waals surface area contributed by atoms with Crippen molar-refractivity contribution in [3.05, 3.63) is 58.3 Å². The van der Waals surface area contributed by atoms with E-state index in [0.717, 1.165) is 54.1 Å². The molecule has 0 saturated carbocycles. The number of pyridine rings is 1. The van der Waals surface area contributed by atoms with Gasteiger partial charge in [0.25, 0.3) is 0 Å². The molecule has 1 N–H and O–H groups in total. The van der Waals surface area contributed by atoms with E-state index in [2.05, 4.69) is 42.1 Å². The lowest BCUT2D eigenvalue weighted by atomic mass is 10.2. The quantitative estimate of drug-likeness (QED) is 0.834. The zero-order valence-corrected chi connectivity index (χ0v) is 16.0. The lowest BCUT2D eigenvalue weighted by molar-refractivity contribution is -0.117. The molecule has 1 aliphatic heterocycles. The average Bonchev–Trinajstić information content (AvgIpc) is 2.60.